The molecule has 0 aliphatic heterocycles. The van der Waals surface area contributed by atoms with Crippen molar-refractivity contribution < 1.29 is 4.79 Å². The van der Waals surface area contributed by atoms with Crippen molar-refractivity contribution >= 4 is 5.91 Å². The Labute approximate surface area is 80.7 Å². The average Bonchev–Trinajstić information content (AvgIpc) is 2.08. The van der Waals surface area contributed by atoms with Gasteiger partial charge in [0.1, 0.15) is 0 Å². The van der Waals surface area contributed by atoms with Gasteiger partial charge in [-0.05, 0) is 20.5 Å². The van der Waals surface area contributed by atoms with Crippen LogP contribution in [0.5, 0.6) is 0 Å². The molecule has 13 heavy (non-hydrogen) atoms. The van der Waals surface area contributed by atoms with E-state index in [-0.39, 0.29) is 5.91 Å². The van der Waals surface area contributed by atoms with Crippen molar-refractivity contribution in [1.82, 2.24) is 15.5 Å². The van der Waals surface area contributed by atoms with Crippen LogP contribution in [0.25, 0.3) is 0 Å². The molecule has 0 spiro atoms. The van der Waals surface area contributed by atoms with Gasteiger partial charge in [-0.2, -0.15) is 0 Å². The summed E-state index contributed by atoms with van der Waals surface area (Å²) in [4.78, 5) is 13.1. The molecule has 2 N–H and O–H groups in total. The van der Waals surface area contributed by atoms with Crippen LogP contribution in [0.3, 0.4) is 0 Å². The Hall–Kier alpha value is -0.610. The Morgan fingerprint density at radius 2 is 2.00 bits per heavy atom. The van der Waals surface area contributed by atoms with Gasteiger partial charge in [0.25, 0.3) is 0 Å². The first kappa shape index (κ1) is 12.4. The van der Waals surface area contributed by atoms with Crippen LogP contribution in [-0.2, 0) is 4.79 Å². The molecule has 0 aromatic rings. The predicted octanol–water partition coefficient (Wildman–Crippen LogP) is -0.336. The van der Waals surface area contributed by atoms with Crippen molar-refractivity contribution in [1.29, 1.82) is 0 Å². The highest BCUT2D eigenvalue weighted by Crippen LogP contribution is 1.72. The van der Waals surface area contributed by atoms with Crippen molar-refractivity contribution in [2.75, 3.05) is 40.3 Å². The minimum Gasteiger partial charge on any atom is -0.355 e. The van der Waals surface area contributed by atoms with Gasteiger partial charge < -0.3 is 15.5 Å². The molecule has 0 aromatic heterocycles. The fraction of sp³-hybridized carbons (Fsp3) is 0.889. The normalized spacial score (nSPS) is 10.5. The summed E-state index contributed by atoms with van der Waals surface area (Å²) < 4.78 is 0. The molecule has 0 unspecified atom stereocenters. The summed E-state index contributed by atoms with van der Waals surface area (Å²) in [5, 5.41) is 5.88. The first-order valence-electron chi connectivity index (χ1n) is 4.79. The van der Waals surface area contributed by atoms with Crippen LogP contribution in [-0.4, -0.2) is 51.1 Å². The number of amides is 1. The molecule has 0 radical (unpaired) electrons. The lowest BCUT2D eigenvalue weighted by atomic mass is 10.4. The smallest absolute Gasteiger partial charge is 0.233 e. The second kappa shape index (κ2) is 8.01. The fourth-order valence-corrected chi connectivity index (χ4v) is 0.832. The predicted molar refractivity (Wildman–Crippen MR) is 54.7 cm³/mol. The van der Waals surface area contributed by atoms with Crippen molar-refractivity contribution in [3.8, 4) is 0 Å². The largest absolute Gasteiger partial charge is 0.355 e. The molecule has 78 valence electrons. The molecule has 0 rings (SSSR count). The van der Waals surface area contributed by atoms with E-state index in [4.69, 9.17) is 0 Å². The van der Waals surface area contributed by atoms with E-state index in [1.165, 1.54) is 0 Å². The lowest BCUT2D eigenvalue weighted by Gasteiger charge is -2.10. The number of nitrogens with zero attached hydrogens (tertiary/aromatic N) is 1. The Morgan fingerprint density at radius 1 is 1.31 bits per heavy atom. The van der Waals surface area contributed by atoms with E-state index in [2.05, 4.69) is 15.5 Å². The van der Waals surface area contributed by atoms with Crippen LogP contribution in [0.4, 0.5) is 0 Å². The van der Waals surface area contributed by atoms with Gasteiger partial charge in [0.2, 0.25) is 5.91 Å². The van der Waals surface area contributed by atoms with E-state index >= 15 is 0 Å². The maximum atomic E-state index is 11.1. The van der Waals surface area contributed by atoms with Gasteiger partial charge in [0, 0.05) is 19.6 Å². The summed E-state index contributed by atoms with van der Waals surface area (Å²) >= 11 is 0. The minimum absolute atomic E-state index is 0.0839. The molecule has 0 fully saturated rings. The third-order valence-electron chi connectivity index (χ3n) is 1.59. The van der Waals surface area contributed by atoms with Crippen molar-refractivity contribution in [2.24, 2.45) is 0 Å². The summed E-state index contributed by atoms with van der Waals surface area (Å²) in [6.45, 7) is 5.05. The zero-order valence-corrected chi connectivity index (χ0v) is 8.89. The third kappa shape index (κ3) is 9.30. The van der Waals surface area contributed by atoms with Crippen LogP contribution in [0.1, 0.15) is 13.3 Å². The van der Waals surface area contributed by atoms with Gasteiger partial charge in [0.05, 0.1) is 6.54 Å². The van der Waals surface area contributed by atoms with Crippen LogP contribution < -0.4 is 10.6 Å². The Kier molecular flexibility index (Phi) is 7.63. The first-order valence-corrected chi connectivity index (χ1v) is 4.79. The van der Waals surface area contributed by atoms with Gasteiger partial charge in [-0.1, -0.05) is 6.92 Å². The fourth-order valence-electron chi connectivity index (χ4n) is 0.832. The van der Waals surface area contributed by atoms with Gasteiger partial charge in [-0.15, -0.1) is 0 Å². The summed E-state index contributed by atoms with van der Waals surface area (Å²) in [6.07, 6.45) is 0.990. The second-order valence-corrected chi connectivity index (χ2v) is 3.33. The summed E-state index contributed by atoms with van der Waals surface area (Å²) in [5.41, 5.74) is 0. The summed E-state index contributed by atoms with van der Waals surface area (Å²) in [7, 11) is 4.03. The van der Waals surface area contributed by atoms with Gasteiger partial charge >= 0.3 is 0 Å². The van der Waals surface area contributed by atoms with E-state index in [1.807, 2.05) is 21.0 Å². The maximum absolute atomic E-state index is 11.1. The highest BCUT2D eigenvalue weighted by Gasteiger charge is 1.97. The van der Waals surface area contributed by atoms with E-state index < -0.39 is 0 Å². The molecule has 0 bridgehead atoms. The monoisotopic (exact) mass is 187 g/mol. The quantitative estimate of drug-likeness (QED) is 0.536. The Balaban J connectivity index is 3.17. The highest BCUT2D eigenvalue weighted by molar-refractivity contribution is 5.77. The molecule has 0 saturated carbocycles. The SMILES string of the molecule is CCCNC(=O)CNCCN(C)C. The van der Waals surface area contributed by atoms with E-state index in [0.717, 1.165) is 26.1 Å². The van der Waals surface area contributed by atoms with Crippen molar-refractivity contribution in [3.05, 3.63) is 0 Å². The number of likely N-dealkylation sites (N-methyl/N-ethyl adjacent to an activating group) is 1. The van der Waals surface area contributed by atoms with E-state index in [0.29, 0.717) is 6.54 Å². The number of rotatable bonds is 7. The lowest BCUT2D eigenvalue weighted by Crippen LogP contribution is -2.36. The number of nitrogens with one attached hydrogen (secondary N) is 2. The molecule has 4 nitrogen and oxygen atoms in total. The first-order chi connectivity index (χ1) is 6.16. The average molecular weight is 187 g/mol. The standard InChI is InChI=1S/C9H21N3O/c1-4-5-11-9(13)8-10-6-7-12(2)3/h10H,4-8H2,1-3H3,(H,11,13). The molecule has 0 aliphatic carbocycles. The van der Waals surface area contributed by atoms with Crippen LogP contribution in [0.15, 0.2) is 0 Å². The van der Waals surface area contributed by atoms with Crippen LogP contribution >= 0.6 is 0 Å². The Morgan fingerprint density at radius 3 is 2.54 bits per heavy atom. The molecule has 0 aromatic carbocycles. The minimum atomic E-state index is 0.0839. The van der Waals surface area contributed by atoms with E-state index in [9.17, 15) is 4.79 Å². The Bertz CT molecular complexity index is 137. The van der Waals surface area contributed by atoms with Crippen LogP contribution in [0, 0.1) is 0 Å². The topological polar surface area (TPSA) is 44.4 Å². The highest BCUT2D eigenvalue weighted by atomic mass is 16.1. The molecule has 0 atom stereocenters. The van der Waals surface area contributed by atoms with E-state index in [1.54, 1.807) is 0 Å². The van der Waals surface area contributed by atoms with Gasteiger partial charge in [0.15, 0.2) is 0 Å². The molecule has 0 aliphatic rings. The number of hydrogen-bond acceptors (Lipinski definition) is 3. The van der Waals surface area contributed by atoms with Gasteiger partial charge in [-0.3, -0.25) is 4.79 Å². The zero-order chi connectivity index (χ0) is 10.1. The van der Waals surface area contributed by atoms with Crippen molar-refractivity contribution in [3.63, 3.8) is 0 Å². The molecule has 0 saturated heterocycles. The number of carbonyl (C=O) groups excluding carboxylic acids is 1. The van der Waals surface area contributed by atoms with Crippen LogP contribution in [0.2, 0.25) is 0 Å². The summed E-state index contributed by atoms with van der Waals surface area (Å²) in [6, 6.07) is 0. The molecular weight excluding hydrogens is 166 g/mol. The molecule has 1 amide bonds. The molecular formula is C9H21N3O. The summed E-state index contributed by atoms with van der Waals surface area (Å²) in [5.74, 6) is 0.0839. The van der Waals surface area contributed by atoms with Gasteiger partial charge in [-0.25, -0.2) is 0 Å². The zero-order valence-electron chi connectivity index (χ0n) is 8.89. The number of carbonyl (C=O) groups is 1. The molecule has 0 heterocycles. The van der Waals surface area contributed by atoms with Crippen molar-refractivity contribution in [2.45, 2.75) is 13.3 Å². The molecule has 4 heteroatoms. The maximum Gasteiger partial charge on any atom is 0.233 e. The number of hydrogen-bond donors (Lipinski definition) is 2. The lowest BCUT2D eigenvalue weighted by molar-refractivity contribution is -0.120. The third-order valence-corrected chi connectivity index (χ3v) is 1.59. The second-order valence-electron chi connectivity index (χ2n) is 3.33.